The number of benzene rings is 1. The van der Waals surface area contributed by atoms with Gasteiger partial charge in [-0.05, 0) is 18.6 Å². The zero-order valence-electron chi connectivity index (χ0n) is 10.1. The van der Waals surface area contributed by atoms with E-state index in [9.17, 15) is 0 Å². The van der Waals surface area contributed by atoms with Crippen LogP contribution in [0.3, 0.4) is 0 Å². The molecule has 0 saturated heterocycles. The molecule has 0 amide bonds. The summed E-state index contributed by atoms with van der Waals surface area (Å²) in [6.45, 7) is 3.88. The van der Waals surface area contributed by atoms with E-state index in [1.807, 2.05) is 12.1 Å². The third kappa shape index (κ3) is 4.14. The first-order valence-corrected chi connectivity index (χ1v) is 6.59. The number of ether oxygens (including phenoxy) is 1. The van der Waals surface area contributed by atoms with Gasteiger partial charge in [0.2, 0.25) is 0 Å². The monoisotopic (exact) mass is 285 g/mol. The van der Waals surface area contributed by atoms with Crippen LogP contribution >= 0.6 is 15.9 Å². The molecule has 2 nitrogen and oxygen atoms in total. The zero-order valence-corrected chi connectivity index (χ0v) is 11.6. The summed E-state index contributed by atoms with van der Waals surface area (Å²) >= 11 is 3.55. The molecule has 0 radical (unpaired) electrons. The number of halogens is 1. The fraction of sp³-hybridized carbons (Fsp3) is 0.538. The Hall–Kier alpha value is -0.540. The molecule has 16 heavy (non-hydrogen) atoms. The van der Waals surface area contributed by atoms with Crippen molar-refractivity contribution in [1.82, 2.24) is 0 Å². The van der Waals surface area contributed by atoms with Gasteiger partial charge in [-0.2, -0.15) is 0 Å². The van der Waals surface area contributed by atoms with E-state index >= 15 is 0 Å². The summed E-state index contributed by atoms with van der Waals surface area (Å²) in [6, 6.07) is 6.20. The minimum atomic E-state index is 0.636. The lowest BCUT2D eigenvalue weighted by Gasteiger charge is -2.13. The molecule has 0 aliphatic heterocycles. The summed E-state index contributed by atoms with van der Waals surface area (Å²) in [5.41, 5.74) is 2.37. The van der Waals surface area contributed by atoms with Gasteiger partial charge in [0.05, 0.1) is 6.61 Å². The SMILES string of the molecule is CCCCCNc1cccc(Br)c1COC. The molecule has 1 aromatic carbocycles. The second-order valence-corrected chi connectivity index (χ2v) is 4.69. The van der Waals surface area contributed by atoms with E-state index in [4.69, 9.17) is 4.74 Å². The van der Waals surface area contributed by atoms with Crippen molar-refractivity contribution in [2.24, 2.45) is 0 Å². The fourth-order valence-electron chi connectivity index (χ4n) is 1.61. The first-order valence-electron chi connectivity index (χ1n) is 5.79. The Labute approximate surface area is 107 Å². The highest BCUT2D eigenvalue weighted by Gasteiger charge is 2.05. The van der Waals surface area contributed by atoms with Crippen LogP contribution in [0.2, 0.25) is 0 Å². The lowest BCUT2D eigenvalue weighted by atomic mass is 10.2. The van der Waals surface area contributed by atoms with Gasteiger partial charge in [0, 0.05) is 29.4 Å². The fourth-order valence-corrected chi connectivity index (χ4v) is 2.09. The number of methoxy groups -OCH3 is 1. The van der Waals surface area contributed by atoms with E-state index < -0.39 is 0 Å². The molecular formula is C13H20BrNO. The summed E-state index contributed by atoms with van der Waals surface area (Å²) < 4.78 is 6.31. The van der Waals surface area contributed by atoms with Crippen LogP contribution in [-0.4, -0.2) is 13.7 Å². The van der Waals surface area contributed by atoms with Gasteiger partial charge in [-0.3, -0.25) is 0 Å². The summed E-state index contributed by atoms with van der Waals surface area (Å²) in [5, 5.41) is 3.46. The molecule has 1 N–H and O–H groups in total. The molecule has 0 saturated carbocycles. The number of anilines is 1. The van der Waals surface area contributed by atoms with Crippen LogP contribution < -0.4 is 5.32 Å². The summed E-state index contributed by atoms with van der Waals surface area (Å²) in [7, 11) is 1.72. The van der Waals surface area contributed by atoms with Gasteiger partial charge < -0.3 is 10.1 Å². The number of rotatable bonds is 7. The smallest absolute Gasteiger partial charge is 0.0744 e. The van der Waals surface area contributed by atoms with Crippen molar-refractivity contribution in [2.75, 3.05) is 19.0 Å². The van der Waals surface area contributed by atoms with Gasteiger partial charge in [-0.25, -0.2) is 0 Å². The van der Waals surface area contributed by atoms with E-state index in [0.717, 1.165) is 11.0 Å². The predicted molar refractivity (Wildman–Crippen MR) is 72.9 cm³/mol. The highest BCUT2D eigenvalue weighted by atomic mass is 79.9. The van der Waals surface area contributed by atoms with E-state index in [-0.39, 0.29) is 0 Å². The minimum Gasteiger partial charge on any atom is -0.385 e. The molecule has 0 aliphatic rings. The lowest BCUT2D eigenvalue weighted by Crippen LogP contribution is -2.05. The average Bonchev–Trinajstić information content (AvgIpc) is 2.29. The molecule has 3 heteroatoms. The normalized spacial score (nSPS) is 10.4. The quantitative estimate of drug-likeness (QED) is 0.759. The Morgan fingerprint density at radius 1 is 1.31 bits per heavy atom. The van der Waals surface area contributed by atoms with Crippen molar-refractivity contribution < 1.29 is 4.74 Å². The maximum atomic E-state index is 5.21. The van der Waals surface area contributed by atoms with Gasteiger partial charge >= 0.3 is 0 Å². The minimum absolute atomic E-state index is 0.636. The maximum Gasteiger partial charge on any atom is 0.0744 e. The molecule has 0 aliphatic carbocycles. The van der Waals surface area contributed by atoms with Gasteiger partial charge in [0.1, 0.15) is 0 Å². The molecule has 0 unspecified atom stereocenters. The summed E-state index contributed by atoms with van der Waals surface area (Å²) in [5.74, 6) is 0. The maximum absolute atomic E-state index is 5.21. The standard InChI is InChI=1S/C13H20BrNO/c1-3-4-5-9-15-13-8-6-7-12(14)11(13)10-16-2/h6-8,15H,3-5,9-10H2,1-2H3. The zero-order chi connectivity index (χ0) is 11.8. The Bertz CT molecular complexity index is 315. The topological polar surface area (TPSA) is 21.3 Å². The predicted octanol–water partition coefficient (Wildman–Crippen LogP) is 4.20. The van der Waals surface area contributed by atoms with E-state index in [2.05, 4.69) is 34.2 Å². The second kappa shape index (κ2) is 7.69. The van der Waals surface area contributed by atoms with E-state index in [1.54, 1.807) is 7.11 Å². The number of hydrogen-bond acceptors (Lipinski definition) is 2. The highest BCUT2D eigenvalue weighted by molar-refractivity contribution is 9.10. The van der Waals surface area contributed by atoms with Crippen molar-refractivity contribution in [3.8, 4) is 0 Å². The second-order valence-electron chi connectivity index (χ2n) is 3.83. The molecular weight excluding hydrogens is 266 g/mol. The molecule has 1 aromatic rings. The Kier molecular flexibility index (Phi) is 6.50. The number of hydrogen-bond donors (Lipinski definition) is 1. The number of unbranched alkanes of at least 4 members (excludes halogenated alkanes) is 2. The highest BCUT2D eigenvalue weighted by Crippen LogP contribution is 2.25. The molecule has 0 aromatic heterocycles. The first kappa shape index (κ1) is 13.5. The van der Waals surface area contributed by atoms with Gasteiger partial charge in [-0.15, -0.1) is 0 Å². The molecule has 1 rings (SSSR count). The van der Waals surface area contributed by atoms with Crippen LogP contribution in [0.25, 0.3) is 0 Å². The summed E-state index contributed by atoms with van der Waals surface area (Å²) in [4.78, 5) is 0. The van der Waals surface area contributed by atoms with Crippen LogP contribution in [0.15, 0.2) is 22.7 Å². The third-order valence-electron chi connectivity index (χ3n) is 2.50. The van der Waals surface area contributed by atoms with Crippen LogP contribution in [0.5, 0.6) is 0 Å². The largest absolute Gasteiger partial charge is 0.385 e. The van der Waals surface area contributed by atoms with Crippen molar-refractivity contribution >= 4 is 21.6 Å². The summed E-state index contributed by atoms with van der Waals surface area (Å²) in [6.07, 6.45) is 3.75. The molecule has 90 valence electrons. The van der Waals surface area contributed by atoms with E-state index in [0.29, 0.717) is 6.61 Å². The molecule has 0 heterocycles. The van der Waals surface area contributed by atoms with Crippen LogP contribution in [0.4, 0.5) is 5.69 Å². The van der Waals surface area contributed by atoms with Gasteiger partial charge in [-0.1, -0.05) is 41.8 Å². The van der Waals surface area contributed by atoms with Gasteiger partial charge in [0.25, 0.3) is 0 Å². The van der Waals surface area contributed by atoms with Crippen LogP contribution in [0.1, 0.15) is 31.7 Å². The first-order chi connectivity index (χ1) is 7.79. The molecule has 0 spiro atoms. The Balaban J connectivity index is 2.59. The lowest BCUT2D eigenvalue weighted by molar-refractivity contribution is 0.185. The molecule has 0 bridgehead atoms. The van der Waals surface area contributed by atoms with Crippen molar-refractivity contribution in [3.63, 3.8) is 0 Å². The Morgan fingerprint density at radius 2 is 2.12 bits per heavy atom. The number of nitrogens with one attached hydrogen (secondary N) is 1. The molecule has 0 atom stereocenters. The van der Waals surface area contributed by atoms with Crippen LogP contribution in [0, 0.1) is 0 Å². The molecule has 0 fully saturated rings. The van der Waals surface area contributed by atoms with Gasteiger partial charge in [0.15, 0.2) is 0 Å². The van der Waals surface area contributed by atoms with Crippen molar-refractivity contribution in [1.29, 1.82) is 0 Å². The Morgan fingerprint density at radius 3 is 2.81 bits per heavy atom. The average molecular weight is 286 g/mol. The third-order valence-corrected chi connectivity index (χ3v) is 3.25. The van der Waals surface area contributed by atoms with Crippen LogP contribution in [-0.2, 0) is 11.3 Å². The van der Waals surface area contributed by atoms with Crippen molar-refractivity contribution in [3.05, 3.63) is 28.2 Å². The van der Waals surface area contributed by atoms with E-state index in [1.165, 1.54) is 30.5 Å². The van der Waals surface area contributed by atoms with Crippen molar-refractivity contribution in [2.45, 2.75) is 32.8 Å².